The Labute approximate surface area is 251 Å². The molecular formula is C31H30F3N5O5. The number of piperazine rings is 1. The lowest BCUT2D eigenvalue weighted by Gasteiger charge is -2.33. The number of nitrogens with one attached hydrogen (secondary N) is 1. The molecule has 10 nitrogen and oxygen atoms in total. The highest BCUT2D eigenvalue weighted by atomic mass is 19.4. The van der Waals surface area contributed by atoms with Crippen molar-refractivity contribution in [2.24, 2.45) is 0 Å². The van der Waals surface area contributed by atoms with Gasteiger partial charge in [0.25, 0.3) is 11.8 Å². The van der Waals surface area contributed by atoms with E-state index >= 15 is 0 Å². The van der Waals surface area contributed by atoms with Crippen LogP contribution in [0.2, 0.25) is 0 Å². The molecule has 230 valence electrons. The number of ether oxygens (including phenoxy) is 3. The van der Waals surface area contributed by atoms with Crippen molar-refractivity contribution in [3.63, 3.8) is 0 Å². The minimum atomic E-state index is -4.81. The lowest BCUT2D eigenvalue weighted by atomic mass is 10.0. The quantitative estimate of drug-likeness (QED) is 0.297. The van der Waals surface area contributed by atoms with Gasteiger partial charge in [-0.05, 0) is 55.9 Å². The van der Waals surface area contributed by atoms with Crippen LogP contribution in [0.4, 0.5) is 18.9 Å². The molecule has 0 unspecified atom stereocenters. The van der Waals surface area contributed by atoms with Crippen LogP contribution in [0.25, 0.3) is 10.9 Å². The van der Waals surface area contributed by atoms with Gasteiger partial charge in [-0.25, -0.2) is 9.97 Å². The second-order valence-electron chi connectivity index (χ2n) is 10.3. The molecule has 2 heterocycles. The van der Waals surface area contributed by atoms with E-state index in [4.69, 9.17) is 14.2 Å². The summed E-state index contributed by atoms with van der Waals surface area (Å²) in [4.78, 5) is 38.1. The van der Waals surface area contributed by atoms with Crippen molar-refractivity contribution in [1.82, 2.24) is 19.8 Å². The highest BCUT2D eigenvalue weighted by molar-refractivity contribution is 6.05. The summed E-state index contributed by atoms with van der Waals surface area (Å²) in [6.45, 7) is 3.57. The number of fused-ring (bicyclic) bond motifs is 1. The molecule has 0 bridgehead atoms. The summed E-state index contributed by atoms with van der Waals surface area (Å²) >= 11 is 0. The third-order valence-corrected chi connectivity index (χ3v) is 7.36. The van der Waals surface area contributed by atoms with Crippen molar-refractivity contribution in [2.45, 2.75) is 13.1 Å². The number of alkyl halides is 3. The average molecular weight is 610 g/mol. The maximum Gasteiger partial charge on any atom is 0.417 e. The number of methoxy groups -OCH3 is 2. The topological polar surface area (TPSA) is 106 Å². The zero-order valence-corrected chi connectivity index (χ0v) is 24.5. The summed E-state index contributed by atoms with van der Waals surface area (Å²) in [6.07, 6.45) is -3.48. The number of carbonyl (C=O) groups is 2. The van der Waals surface area contributed by atoms with Crippen molar-refractivity contribution in [2.75, 3.05) is 52.8 Å². The third-order valence-electron chi connectivity index (χ3n) is 7.36. The first-order valence-electron chi connectivity index (χ1n) is 13.6. The SMILES string of the molecule is COc1cc2ncnc(Oc3cc(C(=O)Nc4ccc(C(=O)N5CCN(C)CC5)c(C(F)(F)F)c4)ccc3C)c2cc1OC. The van der Waals surface area contributed by atoms with Crippen LogP contribution in [0, 0.1) is 6.92 Å². The lowest BCUT2D eigenvalue weighted by Crippen LogP contribution is -2.47. The van der Waals surface area contributed by atoms with Gasteiger partial charge in [-0.1, -0.05) is 6.07 Å². The Bertz CT molecular complexity index is 1720. The van der Waals surface area contributed by atoms with E-state index in [1.807, 2.05) is 11.9 Å². The van der Waals surface area contributed by atoms with Gasteiger partial charge in [0.15, 0.2) is 11.5 Å². The van der Waals surface area contributed by atoms with Crippen molar-refractivity contribution < 1.29 is 37.0 Å². The van der Waals surface area contributed by atoms with Crippen LogP contribution >= 0.6 is 0 Å². The molecule has 1 N–H and O–H groups in total. The molecule has 5 rings (SSSR count). The van der Waals surface area contributed by atoms with Gasteiger partial charge >= 0.3 is 6.18 Å². The number of benzene rings is 3. The monoisotopic (exact) mass is 609 g/mol. The molecule has 13 heteroatoms. The Balaban J connectivity index is 1.39. The van der Waals surface area contributed by atoms with E-state index in [2.05, 4.69) is 15.3 Å². The molecule has 4 aromatic rings. The minimum absolute atomic E-state index is 0.108. The van der Waals surface area contributed by atoms with Gasteiger partial charge in [-0.15, -0.1) is 0 Å². The molecule has 1 aliphatic rings. The molecule has 1 aromatic heterocycles. The van der Waals surface area contributed by atoms with Gasteiger partial charge in [0, 0.05) is 43.5 Å². The molecular weight excluding hydrogens is 579 g/mol. The fourth-order valence-electron chi connectivity index (χ4n) is 4.82. The average Bonchev–Trinajstić information content (AvgIpc) is 3.01. The first kappa shape index (κ1) is 30.5. The molecule has 0 aliphatic carbocycles. The fraction of sp³-hybridized carbons (Fsp3) is 0.290. The van der Waals surface area contributed by atoms with Gasteiger partial charge in [0.05, 0.1) is 36.2 Å². The number of aryl methyl sites for hydroxylation is 1. The summed E-state index contributed by atoms with van der Waals surface area (Å²) in [7, 11) is 4.89. The molecule has 0 radical (unpaired) electrons. The number of hydrogen-bond acceptors (Lipinski definition) is 8. The number of amides is 2. The van der Waals surface area contributed by atoms with E-state index in [1.54, 1.807) is 25.1 Å². The largest absolute Gasteiger partial charge is 0.493 e. The van der Waals surface area contributed by atoms with Crippen molar-refractivity contribution >= 4 is 28.4 Å². The number of likely N-dealkylation sites (N-methyl/N-ethyl adjacent to an activating group) is 1. The first-order valence-corrected chi connectivity index (χ1v) is 13.6. The highest BCUT2D eigenvalue weighted by Crippen LogP contribution is 2.37. The van der Waals surface area contributed by atoms with Gasteiger partial charge in [0.2, 0.25) is 5.88 Å². The molecule has 3 aromatic carbocycles. The predicted molar refractivity (Wildman–Crippen MR) is 157 cm³/mol. The van der Waals surface area contributed by atoms with Crippen LogP contribution in [0.1, 0.15) is 31.8 Å². The van der Waals surface area contributed by atoms with Crippen molar-refractivity contribution in [3.8, 4) is 23.1 Å². The minimum Gasteiger partial charge on any atom is -0.493 e. The molecule has 0 atom stereocenters. The van der Waals surface area contributed by atoms with Gasteiger partial charge in [-0.3, -0.25) is 9.59 Å². The Kier molecular flexibility index (Phi) is 8.59. The second kappa shape index (κ2) is 12.4. The molecule has 0 saturated carbocycles. The molecule has 0 spiro atoms. The van der Waals surface area contributed by atoms with Crippen molar-refractivity contribution in [3.05, 3.63) is 77.1 Å². The maximum atomic E-state index is 14.1. The van der Waals surface area contributed by atoms with Crippen LogP contribution < -0.4 is 19.5 Å². The van der Waals surface area contributed by atoms with E-state index in [1.165, 1.54) is 43.6 Å². The molecule has 1 saturated heterocycles. The second-order valence-corrected chi connectivity index (χ2v) is 10.3. The molecule has 44 heavy (non-hydrogen) atoms. The van der Waals surface area contributed by atoms with Crippen LogP contribution in [0.5, 0.6) is 23.1 Å². The van der Waals surface area contributed by atoms with E-state index < -0.39 is 29.1 Å². The Hall–Kier alpha value is -4.91. The van der Waals surface area contributed by atoms with E-state index in [0.29, 0.717) is 59.9 Å². The number of halogens is 3. The standard InChI is InChI=1S/C31H30F3N5O5/c1-18-5-6-19(13-25(18)44-29-22-15-26(42-3)27(43-4)16-24(22)35-17-36-29)28(40)37-20-7-8-21(23(14-20)31(32,33)34)30(41)39-11-9-38(2)10-12-39/h5-8,13-17H,9-12H2,1-4H3,(H,37,40). The summed E-state index contributed by atoms with van der Waals surface area (Å²) in [6, 6.07) is 11.2. The van der Waals surface area contributed by atoms with Crippen molar-refractivity contribution in [1.29, 1.82) is 0 Å². The Morgan fingerprint density at radius 2 is 1.59 bits per heavy atom. The smallest absolute Gasteiger partial charge is 0.417 e. The highest BCUT2D eigenvalue weighted by Gasteiger charge is 2.37. The van der Waals surface area contributed by atoms with E-state index in [0.717, 1.165) is 12.1 Å². The first-order chi connectivity index (χ1) is 21.0. The van der Waals surface area contributed by atoms with Crippen LogP contribution in [-0.2, 0) is 6.18 Å². The van der Waals surface area contributed by atoms with Crippen LogP contribution in [0.15, 0.2) is 54.9 Å². The van der Waals surface area contributed by atoms with E-state index in [-0.39, 0.29) is 17.1 Å². The van der Waals surface area contributed by atoms with Crippen LogP contribution in [-0.4, -0.2) is 79.0 Å². The number of nitrogens with zero attached hydrogens (tertiary/aromatic N) is 4. The number of hydrogen-bond donors (Lipinski definition) is 1. The number of carbonyl (C=O) groups excluding carboxylic acids is 2. The normalized spacial score (nSPS) is 13.9. The van der Waals surface area contributed by atoms with E-state index in [9.17, 15) is 22.8 Å². The summed E-state index contributed by atoms with van der Waals surface area (Å²) < 4.78 is 59.0. The Morgan fingerprint density at radius 1 is 0.886 bits per heavy atom. The van der Waals surface area contributed by atoms with Crippen LogP contribution in [0.3, 0.4) is 0 Å². The maximum absolute atomic E-state index is 14.1. The predicted octanol–water partition coefficient (Wildman–Crippen LogP) is 5.41. The molecule has 1 fully saturated rings. The zero-order valence-electron chi connectivity index (χ0n) is 24.5. The summed E-state index contributed by atoms with van der Waals surface area (Å²) in [5.41, 5.74) is -0.334. The summed E-state index contributed by atoms with van der Waals surface area (Å²) in [5, 5.41) is 3.04. The van der Waals surface area contributed by atoms with Gasteiger partial charge < -0.3 is 29.3 Å². The number of anilines is 1. The molecule has 1 aliphatic heterocycles. The molecule has 2 amide bonds. The Morgan fingerprint density at radius 3 is 2.27 bits per heavy atom. The third kappa shape index (κ3) is 6.37. The lowest BCUT2D eigenvalue weighted by molar-refractivity contribution is -0.138. The van der Waals surface area contributed by atoms with Gasteiger partial charge in [0.1, 0.15) is 12.1 Å². The fourth-order valence-corrected chi connectivity index (χ4v) is 4.82. The van der Waals surface area contributed by atoms with Gasteiger partial charge in [-0.2, -0.15) is 13.2 Å². The number of rotatable bonds is 7. The number of aromatic nitrogens is 2. The summed E-state index contributed by atoms with van der Waals surface area (Å²) in [5.74, 6) is 0.0597. The zero-order chi connectivity index (χ0) is 31.6.